The number of aliphatic imine (C=N–C) groups is 1. The summed E-state index contributed by atoms with van der Waals surface area (Å²) in [6.45, 7) is 2.04. The molecule has 118 valence electrons. The summed E-state index contributed by atoms with van der Waals surface area (Å²) >= 11 is 12.0. The molecule has 0 heterocycles. The highest BCUT2D eigenvalue weighted by Crippen LogP contribution is 2.24. The number of nitrogens with zero attached hydrogens (tertiary/aromatic N) is 1. The Morgan fingerprint density at radius 3 is 1.83 bits per heavy atom. The average molecular weight is 352 g/mol. The van der Waals surface area contributed by atoms with Crippen molar-refractivity contribution in [2.75, 3.05) is 0 Å². The molecule has 3 heteroatoms. The smallest absolute Gasteiger partial charge is 0.0732 e. The maximum absolute atomic E-state index is 6.00. The lowest BCUT2D eigenvalue weighted by molar-refractivity contribution is 1.43. The molecule has 0 fully saturated rings. The van der Waals surface area contributed by atoms with Crippen LogP contribution >= 0.6 is 23.2 Å². The molecule has 0 aliphatic rings. The molecule has 1 nitrogen and oxygen atoms in total. The predicted molar refractivity (Wildman–Crippen MR) is 104 cm³/mol. The van der Waals surface area contributed by atoms with Crippen LogP contribution in [0.5, 0.6) is 0 Å². The fourth-order valence-electron chi connectivity index (χ4n) is 2.35. The van der Waals surface area contributed by atoms with Crippen LogP contribution in [-0.4, -0.2) is 5.87 Å². The lowest BCUT2D eigenvalue weighted by atomic mass is 9.99. The topological polar surface area (TPSA) is 12.4 Å². The normalized spacial score (nSPS) is 10.1. The Morgan fingerprint density at radius 1 is 0.792 bits per heavy atom. The summed E-state index contributed by atoms with van der Waals surface area (Å²) in [7, 11) is 0. The Labute approximate surface area is 151 Å². The van der Waals surface area contributed by atoms with Gasteiger partial charge in [-0.2, -0.15) is 0 Å². The molecule has 0 aromatic heterocycles. The van der Waals surface area contributed by atoms with E-state index in [4.69, 9.17) is 23.2 Å². The third-order valence-electron chi connectivity index (χ3n) is 3.56. The first kappa shape index (κ1) is 16.5. The van der Waals surface area contributed by atoms with Crippen molar-refractivity contribution in [2.24, 2.45) is 4.99 Å². The average Bonchev–Trinajstić information content (AvgIpc) is 2.58. The van der Waals surface area contributed by atoms with E-state index in [1.54, 1.807) is 0 Å². The van der Waals surface area contributed by atoms with Gasteiger partial charge in [0.2, 0.25) is 0 Å². The molecule has 3 aromatic carbocycles. The van der Waals surface area contributed by atoms with E-state index in [1.165, 1.54) is 0 Å². The molecule has 0 bridgehead atoms. The minimum atomic E-state index is 0.699. The Bertz CT molecular complexity index is 856. The molecule has 24 heavy (non-hydrogen) atoms. The van der Waals surface area contributed by atoms with Crippen molar-refractivity contribution < 1.29 is 0 Å². The van der Waals surface area contributed by atoms with E-state index in [0.29, 0.717) is 10.0 Å². The summed E-state index contributed by atoms with van der Waals surface area (Å²) in [6.07, 6.45) is 0. The van der Waals surface area contributed by atoms with Gasteiger partial charge in [0.25, 0.3) is 0 Å². The van der Waals surface area contributed by atoms with Gasteiger partial charge in [0.05, 0.1) is 11.3 Å². The van der Waals surface area contributed by atoms with E-state index in [-0.39, 0.29) is 0 Å². The first-order valence-electron chi connectivity index (χ1n) is 7.54. The number of hydrogen-bond donors (Lipinski definition) is 0. The van der Waals surface area contributed by atoms with E-state index in [0.717, 1.165) is 28.0 Å². The van der Waals surface area contributed by atoms with E-state index in [2.05, 4.69) is 10.9 Å². The quantitative estimate of drug-likeness (QED) is 0.463. The van der Waals surface area contributed by atoms with E-state index in [9.17, 15) is 0 Å². The van der Waals surface area contributed by atoms with Crippen molar-refractivity contribution in [3.05, 3.63) is 99.5 Å². The molecule has 0 N–H and O–H groups in total. The maximum Gasteiger partial charge on any atom is 0.0732 e. The molecule has 0 unspecified atom stereocenters. The van der Waals surface area contributed by atoms with Crippen LogP contribution in [0.2, 0.25) is 10.0 Å². The van der Waals surface area contributed by atoms with E-state index < -0.39 is 0 Å². The van der Waals surface area contributed by atoms with Crippen molar-refractivity contribution in [1.29, 1.82) is 0 Å². The molecular formula is C21H15Cl2N. The second-order valence-corrected chi connectivity index (χ2v) is 6.32. The highest BCUT2D eigenvalue weighted by atomic mass is 35.5. The number of hydrogen-bond acceptors (Lipinski definition) is 1. The first-order chi connectivity index (χ1) is 11.6. The summed E-state index contributed by atoms with van der Waals surface area (Å²) < 4.78 is 0. The first-order valence-corrected chi connectivity index (χ1v) is 8.30. The SMILES string of the molecule is Cc1cccc(N=C=C(c2ccc(Cl)cc2)c2ccc(Cl)cc2)c1. The van der Waals surface area contributed by atoms with E-state index in [1.807, 2.05) is 79.7 Å². The van der Waals surface area contributed by atoms with Crippen LogP contribution < -0.4 is 0 Å². The summed E-state index contributed by atoms with van der Waals surface area (Å²) in [5.41, 5.74) is 4.93. The van der Waals surface area contributed by atoms with Gasteiger partial charge in [-0.3, -0.25) is 0 Å². The van der Waals surface area contributed by atoms with Crippen LogP contribution in [0.1, 0.15) is 16.7 Å². The molecule has 0 saturated heterocycles. The number of benzene rings is 3. The number of aryl methyl sites for hydroxylation is 1. The maximum atomic E-state index is 6.00. The van der Waals surface area contributed by atoms with Gasteiger partial charge in [0, 0.05) is 10.0 Å². The summed E-state index contributed by atoms with van der Waals surface area (Å²) in [6, 6.07) is 23.3. The molecule has 0 spiro atoms. The van der Waals surface area contributed by atoms with Crippen LogP contribution in [0.4, 0.5) is 5.69 Å². The number of halogens is 2. The molecule has 0 saturated carbocycles. The summed E-state index contributed by atoms with van der Waals surface area (Å²) in [5, 5.41) is 1.40. The predicted octanol–water partition coefficient (Wildman–Crippen LogP) is 6.73. The molecule has 0 aliphatic heterocycles. The second kappa shape index (κ2) is 7.51. The van der Waals surface area contributed by atoms with Crippen LogP contribution in [0.25, 0.3) is 5.57 Å². The van der Waals surface area contributed by atoms with Crippen molar-refractivity contribution in [3.8, 4) is 0 Å². The lowest BCUT2D eigenvalue weighted by Gasteiger charge is -2.06. The third-order valence-corrected chi connectivity index (χ3v) is 4.07. The van der Waals surface area contributed by atoms with Gasteiger partial charge in [0.1, 0.15) is 0 Å². The van der Waals surface area contributed by atoms with Crippen molar-refractivity contribution >= 4 is 40.3 Å². The zero-order chi connectivity index (χ0) is 16.9. The molecule has 3 rings (SSSR count). The van der Waals surface area contributed by atoms with Gasteiger partial charge in [0.15, 0.2) is 0 Å². The van der Waals surface area contributed by atoms with Crippen LogP contribution in [0, 0.1) is 6.92 Å². The highest BCUT2D eigenvalue weighted by molar-refractivity contribution is 6.31. The number of rotatable bonds is 3. The minimum absolute atomic E-state index is 0.699. The highest BCUT2D eigenvalue weighted by Gasteiger charge is 2.05. The van der Waals surface area contributed by atoms with Crippen LogP contribution in [0.3, 0.4) is 0 Å². The van der Waals surface area contributed by atoms with E-state index >= 15 is 0 Å². The fraction of sp³-hybridized carbons (Fsp3) is 0.0476. The van der Waals surface area contributed by atoms with Gasteiger partial charge < -0.3 is 0 Å². The summed E-state index contributed by atoms with van der Waals surface area (Å²) in [5.74, 6) is 3.19. The standard InChI is InChI=1S/C21H15Cl2N/c1-15-3-2-4-20(13-15)24-14-21(16-5-9-18(22)10-6-16)17-7-11-19(23)12-8-17/h2-13H,1H3. The van der Waals surface area contributed by atoms with Gasteiger partial charge in [-0.25, -0.2) is 4.99 Å². The van der Waals surface area contributed by atoms with Gasteiger partial charge in [-0.1, -0.05) is 59.6 Å². The molecule has 0 radical (unpaired) electrons. The molecule has 0 aliphatic carbocycles. The third kappa shape index (κ3) is 4.15. The van der Waals surface area contributed by atoms with Crippen molar-refractivity contribution in [2.45, 2.75) is 6.92 Å². The Balaban J connectivity index is 2.12. The molecule has 3 aromatic rings. The van der Waals surface area contributed by atoms with Gasteiger partial charge in [-0.05, 0) is 65.9 Å². The summed E-state index contributed by atoms with van der Waals surface area (Å²) in [4.78, 5) is 4.51. The van der Waals surface area contributed by atoms with Crippen molar-refractivity contribution in [1.82, 2.24) is 0 Å². The van der Waals surface area contributed by atoms with Crippen molar-refractivity contribution in [3.63, 3.8) is 0 Å². The van der Waals surface area contributed by atoms with Gasteiger partial charge in [-0.15, -0.1) is 0 Å². The zero-order valence-electron chi connectivity index (χ0n) is 13.1. The van der Waals surface area contributed by atoms with Crippen LogP contribution in [-0.2, 0) is 0 Å². The Hall–Kier alpha value is -2.31. The van der Waals surface area contributed by atoms with Gasteiger partial charge >= 0.3 is 0 Å². The zero-order valence-corrected chi connectivity index (χ0v) is 14.6. The largest absolute Gasteiger partial charge is 0.206 e. The van der Waals surface area contributed by atoms with Crippen LogP contribution in [0.15, 0.2) is 77.8 Å². The molecular weight excluding hydrogens is 337 g/mol. The molecule has 0 amide bonds. The molecule has 0 atom stereocenters. The Morgan fingerprint density at radius 2 is 1.33 bits per heavy atom. The fourth-order valence-corrected chi connectivity index (χ4v) is 2.60. The Kier molecular flexibility index (Phi) is 5.17. The minimum Gasteiger partial charge on any atom is -0.206 e. The lowest BCUT2D eigenvalue weighted by Crippen LogP contribution is -1.88. The second-order valence-electron chi connectivity index (χ2n) is 5.45. The monoisotopic (exact) mass is 351 g/mol.